The minimum absolute atomic E-state index is 0. The molecular weight excluding hydrogens is 2330 g/mol. The fraction of sp³-hybridized carbons (Fsp3) is 0.486. The number of imide groups is 2. The Balaban J connectivity index is 0.000000196. The number of thiazole rings is 8. The summed E-state index contributed by atoms with van der Waals surface area (Å²) in [5.41, 5.74) is 13.9. The Morgan fingerprint density at radius 1 is 0.308 bits per heavy atom. The van der Waals surface area contributed by atoms with Gasteiger partial charge in [-0.25, -0.2) is 19.9 Å². The Kier molecular flexibility index (Phi) is 43.2. The Morgan fingerprint density at radius 3 is 0.923 bits per heavy atom. The van der Waals surface area contributed by atoms with Crippen LogP contribution in [0.15, 0.2) is 80.9 Å². The van der Waals surface area contributed by atoms with Crippen molar-refractivity contribution in [3.63, 3.8) is 0 Å². The van der Waals surface area contributed by atoms with E-state index in [2.05, 4.69) is 268 Å². The van der Waals surface area contributed by atoms with Crippen LogP contribution < -0.4 is 22.5 Å². The van der Waals surface area contributed by atoms with Crippen LogP contribution >= 0.6 is 202 Å². The first kappa shape index (κ1) is 117. The molecule has 14 aromatic heterocycles. The zero-order chi connectivity index (χ0) is 103. The number of aromatic nitrogens is 8. The van der Waals surface area contributed by atoms with Crippen LogP contribution in [0.5, 0.6) is 0 Å². The second-order valence-electron chi connectivity index (χ2n) is 39.0. The molecular formula is C109H141Br2ClN10O4S14Si2Sn. The predicted molar refractivity (Wildman–Crippen MR) is 656 cm³/mol. The molecule has 0 bridgehead atoms. The van der Waals surface area contributed by atoms with E-state index in [1.54, 1.807) is 68.6 Å². The van der Waals surface area contributed by atoms with E-state index in [4.69, 9.17) is 39.9 Å². The number of thiophene rings is 6. The Morgan fingerprint density at radius 2 is 0.608 bits per heavy atom. The molecule has 4 amide bonds. The maximum Gasteiger partial charge on any atom is 0.260 e. The summed E-state index contributed by atoms with van der Waals surface area (Å²) < 4.78 is 15.0. The zero-order valence-electron chi connectivity index (χ0n) is 86.8. The first-order valence-electron chi connectivity index (χ1n) is 50.5. The average molecular weight is 2470 g/mol. The molecule has 143 heavy (non-hydrogen) atoms. The molecule has 34 heteroatoms. The first-order chi connectivity index (χ1) is 68.1. The molecule has 0 saturated heterocycles. The first-order valence-corrected chi connectivity index (χ1v) is 76.2. The van der Waals surface area contributed by atoms with Gasteiger partial charge in [0.05, 0.1) is 80.9 Å². The molecule has 0 radical (unpaired) electrons. The summed E-state index contributed by atoms with van der Waals surface area (Å²) in [6.07, 6.45) is 34.5. The molecule has 0 fully saturated rings. The quantitative estimate of drug-likeness (QED) is 0.0162. The van der Waals surface area contributed by atoms with E-state index in [0.717, 1.165) is 113 Å². The topological polar surface area (TPSA) is 195 Å². The maximum atomic E-state index is 13.0. The minimum Gasteiger partial charge on any atom is -0.288 e. The summed E-state index contributed by atoms with van der Waals surface area (Å²) in [5, 5.41) is 12.8. The van der Waals surface area contributed by atoms with Gasteiger partial charge < -0.3 is 0 Å². The summed E-state index contributed by atoms with van der Waals surface area (Å²) in [6, 6.07) is 18.3. The molecule has 2 aliphatic rings. The van der Waals surface area contributed by atoms with E-state index >= 15 is 0 Å². The van der Waals surface area contributed by atoms with E-state index in [1.807, 2.05) is 93.5 Å². The number of carbonyl (C=O) groups excluding carboxylic acids is 4. The maximum absolute atomic E-state index is 13.0. The van der Waals surface area contributed by atoms with Gasteiger partial charge in [0, 0.05) is 33.4 Å². The van der Waals surface area contributed by atoms with E-state index < -0.39 is 34.5 Å². The van der Waals surface area contributed by atoms with E-state index in [1.165, 1.54) is 214 Å². The second kappa shape index (κ2) is 52.7. The van der Waals surface area contributed by atoms with Gasteiger partial charge in [0.1, 0.15) is 28.1 Å². The number of aryl methyl sites for hydroxylation is 5. The number of hydrogen-bond donors (Lipinski definition) is 2. The number of carbonyl (C=O) groups is 4. The third-order valence-corrected chi connectivity index (χ3v) is 78.4. The van der Waals surface area contributed by atoms with Crippen LogP contribution in [0.1, 0.15) is 320 Å². The molecule has 0 atom stereocenters. The van der Waals surface area contributed by atoms with Crippen LogP contribution in [0.25, 0.3) is 132 Å². The third-order valence-electron chi connectivity index (χ3n) is 27.6. The molecule has 2 aliphatic heterocycles. The van der Waals surface area contributed by atoms with Crippen molar-refractivity contribution < 1.29 is 19.2 Å². The van der Waals surface area contributed by atoms with Crippen LogP contribution in [-0.2, 0) is 0 Å². The fourth-order valence-corrected chi connectivity index (χ4v) is 74.3. The van der Waals surface area contributed by atoms with Gasteiger partial charge in [-0.15, -0.1) is 102 Å². The number of fused-ring (bicyclic) bond motifs is 6. The summed E-state index contributed by atoms with van der Waals surface area (Å²) in [6.45, 7) is 55.9. The summed E-state index contributed by atoms with van der Waals surface area (Å²) in [4.78, 5) is 103. The van der Waals surface area contributed by atoms with Crippen molar-refractivity contribution in [3.8, 4) is 91.6 Å². The van der Waals surface area contributed by atoms with Crippen molar-refractivity contribution in [1.29, 1.82) is 0 Å². The number of unbranched alkanes of at least 4 members (excludes halogenated alkanes) is 13. The Bertz CT molecular complexity index is 6910. The van der Waals surface area contributed by atoms with Crippen LogP contribution in [0.4, 0.5) is 0 Å². The molecule has 0 unspecified atom stereocenters. The van der Waals surface area contributed by atoms with Gasteiger partial charge >= 0.3 is 333 Å². The van der Waals surface area contributed by atoms with E-state index in [-0.39, 0.29) is 31.1 Å². The van der Waals surface area contributed by atoms with Crippen molar-refractivity contribution in [1.82, 2.24) is 50.5 Å². The summed E-state index contributed by atoms with van der Waals surface area (Å²) in [7, 11) is -3.68. The number of benzene rings is 2. The molecule has 16 heterocycles. The van der Waals surface area contributed by atoms with E-state index in [0.29, 0.717) is 63.1 Å². The van der Waals surface area contributed by atoms with E-state index in [9.17, 15) is 19.2 Å². The predicted octanol–water partition coefficient (Wildman–Crippen LogP) is 39.6. The number of halogens is 3. The molecule has 14 nitrogen and oxygen atoms in total. The molecule has 18 rings (SSSR count). The van der Waals surface area contributed by atoms with Gasteiger partial charge in [-0.3, -0.25) is 29.8 Å². The average Bonchev–Trinajstić information content (AvgIpc) is 1.55. The van der Waals surface area contributed by atoms with Gasteiger partial charge in [0.2, 0.25) is 0 Å². The Labute approximate surface area is 932 Å². The number of nitrogens with zero attached hydrogens (tertiary/aromatic N) is 8. The number of alkyl halides is 1. The van der Waals surface area contributed by atoms with Crippen molar-refractivity contribution >= 4 is 313 Å². The van der Waals surface area contributed by atoms with Crippen LogP contribution in [0, 0.1) is 34.6 Å². The second-order valence-corrected chi connectivity index (χ2v) is 83.7. The number of rotatable bonds is 37. The summed E-state index contributed by atoms with van der Waals surface area (Å²) >= 11 is 32.8. The van der Waals surface area contributed by atoms with Gasteiger partial charge in [-0.05, 0) is 92.0 Å². The molecule has 2 N–H and O–H groups in total. The molecule has 16 aromatic rings. The number of hydrogen-bond acceptors (Lipinski definition) is 26. The van der Waals surface area contributed by atoms with Gasteiger partial charge in [0.15, 0.2) is 0 Å². The normalized spacial score (nSPS) is 12.7. The van der Waals surface area contributed by atoms with Crippen molar-refractivity contribution in [2.24, 2.45) is 0 Å². The fourth-order valence-electron chi connectivity index (χ4n) is 21.0. The van der Waals surface area contributed by atoms with Crippen LogP contribution in [-0.4, -0.2) is 104 Å². The van der Waals surface area contributed by atoms with Crippen molar-refractivity contribution in [2.45, 2.75) is 336 Å². The van der Waals surface area contributed by atoms with Gasteiger partial charge in [-0.2, -0.15) is 0 Å². The SMILES string of the molecule is C.CCCCCCCC.CCCCCCCC.CCC[CH2][Sn]([CH2]CCC)([CH2]CCC)[c]1cnc(-c2c3nc(-c4ccc([Si](C(C)C)(C(C)C)C(C)C)s4)sc3c(-c3ncc(C)s3)c3nc(-c4ccc(C)s4)sc23)s1.CCl.Cc1ccc(-c2nc3c(-c4ncc(C)s4)c4sc(-c5ccc([Si](C(C)C)(C(C)C)C(C)C)s5)nc4c(-c4ncc(-c5sc(C)c6c5C(=O)NC6=O)s4)c3s2)s1.O=C1NC(=O)c2c(Br)sc(Br)c21. The standard InChI is InChI=1S/C40H37N5O2S7Si.C33H33N4S6Si.2C8H18.C6HBr2NO2S.3C4H9.CH3Cl.CH4.Sn/c1-16(2)55(17(3)4,18(5)6)25-13-12-23(51-25)38-44-31-29(40-42-15-24(52-40)32-27-26(21(9)50-32)35(46)45-36(27)47)34-30(43-37(53-34)22-11-10-19(7)48-22)28(33(31)54-38)39-41-14-20(8)49-39;1-16(2)44(17(3)4,18(5)6)23-12-11-22(41-23)31-36-26-24(32-34-13-14-38-32)28-27(37-30(42-28)21-10-9-19(7)39-21)25(29(26)43-31)33-35-15-20(8)40-33;2*1-3-5-7-8-6-4-2;7-3-1-2(4(8)12-3)6(11)9-5(1)10;3*1-3-4-2;1-2;;/h10-18H,1-9H3,(H,45,46,47);9-13,15-18H,1-8H3;2*3-8H2,1-2H3;(H,9,10,11);3*1,3-4H2,2H3;1H3;1H4;. The molecule has 768 valence electrons. The minimum atomic E-state index is -2.74. The molecule has 0 spiro atoms. The summed E-state index contributed by atoms with van der Waals surface area (Å²) in [5.74, 6) is -1.34. The number of amides is 4. The van der Waals surface area contributed by atoms with Crippen LogP contribution in [0.3, 0.4) is 0 Å². The van der Waals surface area contributed by atoms with Crippen molar-refractivity contribution in [2.75, 3.05) is 6.38 Å². The molecule has 0 saturated carbocycles. The monoisotopic (exact) mass is 2470 g/mol. The molecule has 0 aliphatic carbocycles. The van der Waals surface area contributed by atoms with Gasteiger partial charge in [0.25, 0.3) is 23.6 Å². The third kappa shape index (κ3) is 24.9. The van der Waals surface area contributed by atoms with Crippen LogP contribution in [0.2, 0.25) is 46.6 Å². The smallest absolute Gasteiger partial charge is 0.260 e. The molecule has 2 aromatic carbocycles. The van der Waals surface area contributed by atoms with Crippen molar-refractivity contribution in [3.05, 3.63) is 128 Å². The van der Waals surface area contributed by atoms with Gasteiger partial charge in [-0.1, -0.05) is 201 Å². The number of nitrogens with one attached hydrogen (secondary N) is 2. The Hall–Kier alpha value is -4.52. The zero-order valence-corrected chi connectivity index (χ0v) is 107. The largest absolute Gasteiger partial charge is 0.288 e.